The molecule has 5 nitrogen and oxygen atoms in total. The monoisotopic (exact) mass is 326 g/mol. The molecular formula is C18H30O5. The van der Waals surface area contributed by atoms with E-state index in [1.165, 1.54) is 0 Å². The van der Waals surface area contributed by atoms with Crippen molar-refractivity contribution >= 4 is 0 Å². The van der Waals surface area contributed by atoms with E-state index >= 15 is 0 Å². The van der Waals surface area contributed by atoms with E-state index in [1.54, 1.807) is 26.0 Å². The molecule has 0 aliphatic heterocycles. The molecule has 0 heterocycles. The van der Waals surface area contributed by atoms with Crippen molar-refractivity contribution in [3.8, 4) is 0 Å². The summed E-state index contributed by atoms with van der Waals surface area (Å²) < 4.78 is 10.7. The highest BCUT2D eigenvalue weighted by molar-refractivity contribution is 5.30. The first kappa shape index (κ1) is 20.1. The molecule has 3 N–H and O–H groups in total. The highest BCUT2D eigenvalue weighted by atomic mass is 16.7. The van der Waals surface area contributed by atoms with Crippen LogP contribution in [0, 0.1) is 0 Å². The summed E-state index contributed by atoms with van der Waals surface area (Å²) in [4.78, 5) is 0. The summed E-state index contributed by atoms with van der Waals surface area (Å²) in [6.07, 6.45) is -2.44. The molecule has 0 radical (unpaired) electrons. The van der Waals surface area contributed by atoms with Crippen LogP contribution in [0.15, 0.2) is 24.3 Å². The van der Waals surface area contributed by atoms with Gasteiger partial charge in [-0.25, -0.2) is 0 Å². The predicted octanol–water partition coefficient (Wildman–Crippen LogP) is 2.14. The van der Waals surface area contributed by atoms with Gasteiger partial charge in [0.25, 0.3) is 0 Å². The van der Waals surface area contributed by atoms with Crippen molar-refractivity contribution in [1.82, 2.24) is 0 Å². The molecule has 23 heavy (non-hydrogen) atoms. The van der Waals surface area contributed by atoms with Crippen molar-refractivity contribution in [3.63, 3.8) is 0 Å². The van der Waals surface area contributed by atoms with E-state index in [0.717, 1.165) is 5.56 Å². The second-order valence-corrected chi connectivity index (χ2v) is 6.67. The van der Waals surface area contributed by atoms with Crippen LogP contribution in [0.1, 0.15) is 51.8 Å². The Morgan fingerprint density at radius 2 is 1.48 bits per heavy atom. The van der Waals surface area contributed by atoms with Gasteiger partial charge >= 0.3 is 0 Å². The lowest BCUT2D eigenvalue weighted by molar-refractivity contribution is -0.275. The molecule has 0 fully saturated rings. The van der Waals surface area contributed by atoms with Crippen molar-refractivity contribution in [2.45, 2.75) is 58.0 Å². The third kappa shape index (κ3) is 4.75. The standard InChI is InChI=1S/C18H30O5/c1-6-22-16(23-7-2)18(21,12-19)15(20)13-8-10-14(11-9-13)17(3,4)5/h8-11,15-16,19-21H,6-7,12H2,1-5H3. The summed E-state index contributed by atoms with van der Waals surface area (Å²) >= 11 is 0. The quantitative estimate of drug-likeness (QED) is 0.638. The second kappa shape index (κ2) is 8.22. The molecule has 0 saturated carbocycles. The molecule has 1 aromatic carbocycles. The van der Waals surface area contributed by atoms with Crippen LogP contribution in [0.5, 0.6) is 0 Å². The Morgan fingerprint density at radius 3 is 1.83 bits per heavy atom. The molecular weight excluding hydrogens is 296 g/mol. The molecule has 0 saturated heterocycles. The molecule has 5 heteroatoms. The van der Waals surface area contributed by atoms with Crippen molar-refractivity contribution in [1.29, 1.82) is 0 Å². The Labute approximate surface area is 138 Å². The number of rotatable bonds is 8. The Bertz CT molecular complexity index is 459. The van der Waals surface area contributed by atoms with Gasteiger partial charge in [0.15, 0.2) is 11.9 Å². The maximum Gasteiger partial charge on any atom is 0.191 e. The van der Waals surface area contributed by atoms with E-state index in [2.05, 4.69) is 20.8 Å². The number of hydrogen-bond acceptors (Lipinski definition) is 5. The fourth-order valence-corrected chi connectivity index (χ4v) is 2.38. The summed E-state index contributed by atoms with van der Waals surface area (Å²) in [5.41, 5.74) is -0.323. The van der Waals surface area contributed by atoms with E-state index in [0.29, 0.717) is 18.8 Å². The Morgan fingerprint density at radius 1 is 1.00 bits per heavy atom. The SMILES string of the molecule is CCOC(OCC)C(O)(CO)C(O)c1ccc(C(C)(C)C)cc1. The molecule has 2 atom stereocenters. The maximum atomic E-state index is 10.7. The molecule has 0 bridgehead atoms. The number of aliphatic hydroxyl groups excluding tert-OH is 2. The van der Waals surface area contributed by atoms with Gasteiger partial charge in [0.2, 0.25) is 0 Å². The number of benzene rings is 1. The summed E-state index contributed by atoms with van der Waals surface area (Å²) in [6.45, 7) is 9.72. The van der Waals surface area contributed by atoms with E-state index in [9.17, 15) is 15.3 Å². The third-order valence-electron chi connectivity index (χ3n) is 3.86. The van der Waals surface area contributed by atoms with Crippen LogP contribution in [-0.4, -0.2) is 47.0 Å². The van der Waals surface area contributed by atoms with Crippen LogP contribution < -0.4 is 0 Å². The summed E-state index contributed by atoms with van der Waals surface area (Å²) in [7, 11) is 0. The zero-order chi connectivity index (χ0) is 17.7. The molecule has 1 aromatic rings. The lowest BCUT2D eigenvalue weighted by Crippen LogP contribution is -2.53. The molecule has 2 unspecified atom stereocenters. The first-order chi connectivity index (χ1) is 10.7. The van der Waals surface area contributed by atoms with Gasteiger partial charge in [0.05, 0.1) is 6.61 Å². The first-order valence-electron chi connectivity index (χ1n) is 8.05. The highest BCUT2D eigenvalue weighted by Gasteiger charge is 2.45. The molecule has 0 spiro atoms. The predicted molar refractivity (Wildman–Crippen MR) is 89.2 cm³/mol. The third-order valence-corrected chi connectivity index (χ3v) is 3.86. The largest absolute Gasteiger partial charge is 0.393 e. The first-order valence-corrected chi connectivity index (χ1v) is 8.05. The summed E-state index contributed by atoms with van der Waals surface area (Å²) in [5, 5.41) is 31.0. The van der Waals surface area contributed by atoms with Gasteiger partial charge in [0.1, 0.15) is 6.10 Å². The lowest BCUT2D eigenvalue weighted by atomic mass is 9.84. The fourth-order valence-electron chi connectivity index (χ4n) is 2.38. The van der Waals surface area contributed by atoms with Crippen molar-refractivity contribution < 1.29 is 24.8 Å². The van der Waals surface area contributed by atoms with Gasteiger partial charge in [-0.3, -0.25) is 0 Å². The summed E-state index contributed by atoms with van der Waals surface area (Å²) in [5.74, 6) is 0. The smallest absolute Gasteiger partial charge is 0.191 e. The van der Waals surface area contributed by atoms with Crippen molar-refractivity contribution in [2.24, 2.45) is 0 Å². The second-order valence-electron chi connectivity index (χ2n) is 6.67. The average Bonchev–Trinajstić information content (AvgIpc) is 2.52. The van der Waals surface area contributed by atoms with Gasteiger partial charge in [-0.15, -0.1) is 0 Å². The van der Waals surface area contributed by atoms with Crippen LogP contribution in [0.25, 0.3) is 0 Å². The topological polar surface area (TPSA) is 79.2 Å². The number of aliphatic hydroxyl groups is 3. The minimum atomic E-state index is -1.94. The molecule has 1 rings (SSSR count). The van der Waals surface area contributed by atoms with Crippen LogP contribution in [0.3, 0.4) is 0 Å². The average molecular weight is 326 g/mol. The van der Waals surface area contributed by atoms with Crippen molar-refractivity contribution in [2.75, 3.05) is 19.8 Å². The Kier molecular flexibility index (Phi) is 7.17. The molecule has 0 amide bonds. The van der Waals surface area contributed by atoms with E-state index in [1.807, 2.05) is 12.1 Å². The van der Waals surface area contributed by atoms with E-state index < -0.39 is 24.6 Å². The van der Waals surface area contributed by atoms with Crippen molar-refractivity contribution in [3.05, 3.63) is 35.4 Å². The van der Waals surface area contributed by atoms with Crippen LogP contribution in [0.2, 0.25) is 0 Å². The lowest BCUT2D eigenvalue weighted by Gasteiger charge is -2.37. The highest BCUT2D eigenvalue weighted by Crippen LogP contribution is 2.32. The summed E-state index contributed by atoms with van der Waals surface area (Å²) in [6, 6.07) is 7.32. The van der Waals surface area contributed by atoms with Crippen LogP contribution in [0.4, 0.5) is 0 Å². The fraction of sp³-hybridized carbons (Fsp3) is 0.667. The molecule has 0 aliphatic carbocycles. The molecule has 0 aliphatic rings. The minimum Gasteiger partial charge on any atom is -0.393 e. The van der Waals surface area contributed by atoms with Gasteiger partial charge in [0, 0.05) is 13.2 Å². The van der Waals surface area contributed by atoms with Gasteiger partial charge in [-0.1, -0.05) is 45.0 Å². The minimum absolute atomic E-state index is 0.00402. The van der Waals surface area contributed by atoms with Crippen LogP contribution in [-0.2, 0) is 14.9 Å². The number of ether oxygens (including phenoxy) is 2. The molecule has 0 aromatic heterocycles. The van der Waals surface area contributed by atoms with Gasteiger partial charge in [-0.05, 0) is 30.4 Å². The van der Waals surface area contributed by atoms with Gasteiger partial charge in [-0.2, -0.15) is 0 Å². The van der Waals surface area contributed by atoms with E-state index in [-0.39, 0.29) is 5.41 Å². The Balaban J connectivity index is 3.08. The normalized spacial score (nSPS) is 16.4. The van der Waals surface area contributed by atoms with Crippen LogP contribution >= 0.6 is 0 Å². The Hall–Kier alpha value is -0.980. The number of hydrogen-bond donors (Lipinski definition) is 3. The zero-order valence-corrected chi connectivity index (χ0v) is 14.7. The molecule has 132 valence electrons. The van der Waals surface area contributed by atoms with E-state index in [4.69, 9.17) is 9.47 Å². The maximum absolute atomic E-state index is 10.7. The zero-order valence-electron chi connectivity index (χ0n) is 14.7. The van der Waals surface area contributed by atoms with Gasteiger partial charge < -0.3 is 24.8 Å².